The van der Waals surface area contributed by atoms with E-state index in [0.29, 0.717) is 17.5 Å². The highest BCUT2D eigenvalue weighted by Gasteiger charge is 2.30. The minimum Gasteiger partial charge on any atom is -0.445 e. The molecule has 1 amide bonds. The van der Waals surface area contributed by atoms with Gasteiger partial charge >= 0.3 is 12.3 Å². The van der Waals surface area contributed by atoms with E-state index in [0.717, 1.165) is 17.7 Å². The van der Waals surface area contributed by atoms with Crippen LogP contribution in [0.15, 0.2) is 48.5 Å². The Bertz CT molecular complexity index is 805. The minimum atomic E-state index is -4.40. The third kappa shape index (κ3) is 6.52. The molecule has 0 saturated heterocycles. The smallest absolute Gasteiger partial charge is 0.416 e. The van der Waals surface area contributed by atoms with Crippen molar-refractivity contribution < 1.29 is 22.7 Å². The Hall–Kier alpha value is -2.94. The van der Waals surface area contributed by atoms with Crippen LogP contribution in [0, 0.1) is 18.8 Å². The largest absolute Gasteiger partial charge is 0.445 e. The number of hydrogen-bond donors (Lipinski definition) is 1. The summed E-state index contributed by atoms with van der Waals surface area (Å²) in [4.78, 5) is 11.5. The second-order valence-electron chi connectivity index (χ2n) is 5.63. The van der Waals surface area contributed by atoms with Gasteiger partial charge < -0.3 is 10.1 Å². The number of amides is 1. The summed E-state index contributed by atoms with van der Waals surface area (Å²) in [6.07, 6.45) is -4.66. The zero-order valence-corrected chi connectivity index (χ0v) is 14.2. The van der Waals surface area contributed by atoms with E-state index in [1.807, 2.05) is 30.3 Å². The summed E-state index contributed by atoms with van der Waals surface area (Å²) in [6, 6.07) is 12.9. The Morgan fingerprint density at radius 1 is 1.15 bits per heavy atom. The predicted molar refractivity (Wildman–Crippen MR) is 92.3 cm³/mol. The molecule has 0 radical (unpaired) electrons. The van der Waals surface area contributed by atoms with E-state index in [1.165, 1.54) is 0 Å². The van der Waals surface area contributed by atoms with Gasteiger partial charge in [0.2, 0.25) is 0 Å². The highest BCUT2D eigenvalue weighted by atomic mass is 19.4. The van der Waals surface area contributed by atoms with Gasteiger partial charge in [-0.25, -0.2) is 4.79 Å². The molecule has 0 bridgehead atoms. The van der Waals surface area contributed by atoms with Crippen molar-refractivity contribution in [3.63, 3.8) is 0 Å². The van der Waals surface area contributed by atoms with Gasteiger partial charge in [0, 0.05) is 18.5 Å². The maximum absolute atomic E-state index is 12.8. The Kier molecular flexibility index (Phi) is 6.67. The molecule has 0 fully saturated rings. The lowest BCUT2D eigenvalue weighted by Crippen LogP contribution is -2.24. The monoisotopic (exact) mass is 361 g/mol. The number of hydrogen-bond acceptors (Lipinski definition) is 2. The number of alkyl halides is 3. The van der Waals surface area contributed by atoms with Crippen LogP contribution in [0.4, 0.5) is 18.0 Å². The standard InChI is InChI=1S/C20H18F3NO2/c1-15-11-17(13-18(12-15)20(21,22)23)9-5-6-10-24-19(25)26-14-16-7-3-2-4-8-16/h2-4,7-8,11-13H,6,10,14H2,1H3,(H,24,25). The van der Waals surface area contributed by atoms with Crippen LogP contribution in [0.3, 0.4) is 0 Å². The van der Waals surface area contributed by atoms with E-state index in [2.05, 4.69) is 17.2 Å². The fraction of sp³-hybridized carbons (Fsp3) is 0.250. The lowest BCUT2D eigenvalue weighted by Gasteiger charge is -2.08. The Morgan fingerprint density at radius 3 is 2.58 bits per heavy atom. The number of rotatable bonds is 4. The van der Waals surface area contributed by atoms with Crippen molar-refractivity contribution in [2.75, 3.05) is 6.54 Å². The molecule has 0 aliphatic carbocycles. The molecule has 0 aliphatic heterocycles. The van der Waals surface area contributed by atoms with Crippen molar-refractivity contribution in [2.24, 2.45) is 0 Å². The first-order valence-electron chi connectivity index (χ1n) is 7.97. The van der Waals surface area contributed by atoms with Gasteiger partial charge in [-0.2, -0.15) is 13.2 Å². The third-order valence-corrected chi connectivity index (χ3v) is 3.37. The fourth-order valence-electron chi connectivity index (χ4n) is 2.18. The van der Waals surface area contributed by atoms with Crippen LogP contribution in [0.25, 0.3) is 0 Å². The van der Waals surface area contributed by atoms with E-state index in [-0.39, 0.29) is 13.2 Å². The lowest BCUT2D eigenvalue weighted by molar-refractivity contribution is -0.137. The second kappa shape index (κ2) is 8.95. The van der Waals surface area contributed by atoms with Gasteiger partial charge in [0.1, 0.15) is 6.61 Å². The predicted octanol–water partition coefficient (Wildman–Crippen LogP) is 4.68. The SMILES string of the molecule is Cc1cc(C#CCCNC(=O)OCc2ccccc2)cc(C(F)(F)F)c1. The molecule has 0 saturated carbocycles. The number of nitrogens with one attached hydrogen (secondary N) is 1. The van der Waals surface area contributed by atoms with Gasteiger partial charge in [-0.1, -0.05) is 42.2 Å². The van der Waals surface area contributed by atoms with Crippen LogP contribution >= 0.6 is 0 Å². The summed E-state index contributed by atoms with van der Waals surface area (Å²) in [5.74, 6) is 5.44. The molecule has 2 aromatic carbocycles. The third-order valence-electron chi connectivity index (χ3n) is 3.37. The number of alkyl carbamates (subject to hydrolysis) is 1. The molecular formula is C20H18F3NO2. The van der Waals surface area contributed by atoms with Gasteiger partial charge in [0.05, 0.1) is 5.56 Å². The molecule has 0 spiro atoms. The first-order valence-corrected chi connectivity index (χ1v) is 7.97. The average molecular weight is 361 g/mol. The number of ether oxygens (including phenoxy) is 1. The summed E-state index contributed by atoms with van der Waals surface area (Å²) in [6.45, 7) is 2.01. The topological polar surface area (TPSA) is 38.3 Å². The molecule has 3 nitrogen and oxygen atoms in total. The van der Waals surface area contributed by atoms with Crippen LogP contribution in [-0.4, -0.2) is 12.6 Å². The molecule has 2 aromatic rings. The number of halogens is 3. The highest BCUT2D eigenvalue weighted by molar-refractivity contribution is 5.67. The van der Waals surface area contributed by atoms with Crippen LogP contribution in [0.2, 0.25) is 0 Å². The van der Waals surface area contributed by atoms with Crippen molar-refractivity contribution in [3.05, 3.63) is 70.8 Å². The van der Waals surface area contributed by atoms with Crippen molar-refractivity contribution in [1.82, 2.24) is 5.32 Å². The first-order chi connectivity index (χ1) is 12.3. The van der Waals surface area contributed by atoms with Crippen molar-refractivity contribution in [2.45, 2.75) is 26.1 Å². The van der Waals surface area contributed by atoms with Crippen LogP contribution in [0.1, 0.15) is 28.7 Å². The van der Waals surface area contributed by atoms with Crippen LogP contribution in [-0.2, 0) is 17.5 Å². The van der Waals surface area contributed by atoms with Crippen LogP contribution < -0.4 is 5.32 Å². The minimum absolute atomic E-state index is 0.169. The molecule has 6 heteroatoms. The summed E-state index contributed by atoms with van der Waals surface area (Å²) < 4.78 is 43.3. The zero-order chi connectivity index (χ0) is 19.0. The molecule has 0 aromatic heterocycles. The highest BCUT2D eigenvalue weighted by Crippen LogP contribution is 2.30. The van der Waals surface area contributed by atoms with Gasteiger partial charge in [0.25, 0.3) is 0 Å². The quantitative estimate of drug-likeness (QED) is 0.634. The maximum Gasteiger partial charge on any atom is 0.416 e. The van der Waals surface area contributed by atoms with Gasteiger partial charge in [0.15, 0.2) is 0 Å². The molecular weight excluding hydrogens is 343 g/mol. The lowest BCUT2D eigenvalue weighted by atomic mass is 10.1. The summed E-state index contributed by atoms with van der Waals surface area (Å²) in [5, 5.41) is 2.54. The van der Waals surface area contributed by atoms with E-state index >= 15 is 0 Å². The Labute approximate surface area is 150 Å². The van der Waals surface area contributed by atoms with Crippen molar-refractivity contribution >= 4 is 6.09 Å². The molecule has 136 valence electrons. The molecule has 0 atom stereocenters. The molecule has 0 heterocycles. The molecule has 2 rings (SSSR count). The first kappa shape index (κ1) is 19.4. The van der Waals surface area contributed by atoms with E-state index < -0.39 is 17.8 Å². The van der Waals surface area contributed by atoms with Gasteiger partial charge in [-0.15, -0.1) is 0 Å². The Balaban J connectivity index is 1.78. The summed E-state index contributed by atoms with van der Waals surface area (Å²) in [7, 11) is 0. The molecule has 26 heavy (non-hydrogen) atoms. The fourth-order valence-corrected chi connectivity index (χ4v) is 2.18. The van der Waals surface area contributed by atoms with Gasteiger partial charge in [-0.3, -0.25) is 0 Å². The van der Waals surface area contributed by atoms with E-state index in [9.17, 15) is 18.0 Å². The average Bonchev–Trinajstić information content (AvgIpc) is 2.59. The summed E-state index contributed by atoms with van der Waals surface area (Å²) >= 11 is 0. The van der Waals surface area contributed by atoms with E-state index in [1.54, 1.807) is 13.0 Å². The van der Waals surface area contributed by atoms with Gasteiger partial charge in [-0.05, 0) is 36.2 Å². The van der Waals surface area contributed by atoms with Crippen molar-refractivity contribution in [1.29, 1.82) is 0 Å². The van der Waals surface area contributed by atoms with E-state index in [4.69, 9.17) is 4.74 Å². The normalized spacial score (nSPS) is 10.6. The maximum atomic E-state index is 12.8. The second-order valence-corrected chi connectivity index (χ2v) is 5.63. The Morgan fingerprint density at radius 2 is 1.88 bits per heavy atom. The van der Waals surface area contributed by atoms with Crippen molar-refractivity contribution in [3.8, 4) is 11.8 Å². The number of aryl methyl sites for hydroxylation is 1. The zero-order valence-electron chi connectivity index (χ0n) is 14.2. The molecule has 1 N–H and O–H groups in total. The molecule has 0 unspecified atom stereocenters. The molecule has 0 aliphatic rings. The summed E-state index contributed by atoms with van der Waals surface area (Å²) in [5.41, 5.74) is 0.947. The number of benzene rings is 2. The number of carbonyl (C=O) groups excluding carboxylic acids is 1. The number of carbonyl (C=O) groups is 1. The van der Waals surface area contributed by atoms with Crippen LogP contribution in [0.5, 0.6) is 0 Å².